The van der Waals surface area contributed by atoms with Crippen molar-refractivity contribution in [2.45, 2.75) is 51.6 Å². The zero-order chi connectivity index (χ0) is 14.4. The lowest BCUT2D eigenvalue weighted by Gasteiger charge is -2.18. The molecule has 3 nitrogen and oxygen atoms in total. The Hall–Kier alpha value is -1.35. The van der Waals surface area contributed by atoms with Gasteiger partial charge in [0.2, 0.25) is 5.91 Å². The molecule has 0 aromatic heterocycles. The first-order valence-electron chi connectivity index (χ1n) is 7.71. The molecular formula is C17H25NO2. The Morgan fingerprint density at radius 3 is 2.75 bits per heavy atom. The molecule has 1 aromatic carbocycles. The van der Waals surface area contributed by atoms with Gasteiger partial charge in [0, 0.05) is 6.54 Å². The van der Waals surface area contributed by atoms with Crippen LogP contribution in [0.3, 0.4) is 0 Å². The maximum Gasteiger partial charge on any atom is 0.224 e. The quantitative estimate of drug-likeness (QED) is 0.838. The highest BCUT2D eigenvalue weighted by molar-refractivity contribution is 5.78. The lowest BCUT2D eigenvalue weighted by atomic mass is 10.0. The summed E-state index contributed by atoms with van der Waals surface area (Å²) in [6, 6.07) is 8.12. The molecule has 1 aromatic rings. The molecule has 0 bridgehead atoms. The molecule has 0 radical (unpaired) electrons. The van der Waals surface area contributed by atoms with Gasteiger partial charge in [-0.15, -0.1) is 0 Å². The molecule has 0 aliphatic heterocycles. The Balaban J connectivity index is 1.76. The van der Waals surface area contributed by atoms with Crippen LogP contribution in [0.25, 0.3) is 0 Å². The van der Waals surface area contributed by atoms with Crippen LogP contribution in [0, 0.1) is 5.92 Å². The standard InChI is InChI=1S/C17H25NO2/c1-2-13-6-5-7-14(10-13)11-17(20)18-12-16(19)15-8-3-4-9-15/h5-7,10,15-16,19H,2-4,8-9,11-12H2,1H3,(H,18,20). The van der Waals surface area contributed by atoms with Gasteiger partial charge < -0.3 is 10.4 Å². The van der Waals surface area contributed by atoms with E-state index in [1.807, 2.05) is 12.1 Å². The fourth-order valence-electron chi connectivity index (χ4n) is 2.93. The summed E-state index contributed by atoms with van der Waals surface area (Å²) < 4.78 is 0. The number of rotatable bonds is 6. The molecule has 1 aliphatic carbocycles. The first kappa shape index (κ1) is 15.0. The fourth-order valence-corrected chi connectivity index (χ4v) is 2.93. The number of hydrogen-bond acceptors (Lipinski definition) is 2. The maximum atomic E-state index is 11.9. The lowest BCUT2D eigenvalue weighted by Crippen LogP contribution is -2.36. The summed E-state index contributed by atoms with van der Waals surface area (Å²) in [5.74, 6) is 0.369. The summed E-state index contributed by atoms with van der Waals surface area (Å²) in [5.41, 5.74) is 2.29. The third-order valence-electron chi connectivity index (χ3n) is 4.22. The molecule has 1 amide bonds. The zero-order valence-corrected chi connectivity index (χ0v) is 12.3. The van der Waals surface area contributed by atoms with Crippen molar-refractivity contribution in [1.82, 2.24) is 5.32 Å². The van der Waals surface area contributed by atoms with Gasteiger partial charge in [-0.3, -0.25) is 4.79 Å². The predicted octanol–water partition coefficient (Wildman–Crippen LogP) is 2.46. The zero-order valence-electron chi connectivity index (χ0n) is 12.3. The van der Waals surface area contributed by atoms with Crippen LogP contribution in [0.2, 0.25) is 0 Å². The van der Waals surface area contributed by atoms with E-state index in [9.17, 15) is 9.90 Å². The molecule has 2 rings (SSSR count). The topological polar surface area (TPSA) is 49.3 Å². The van der Waals surface area contributed by atoms with Crippen LogP contribution in [0.1, 0.15) is 43.7 Å². The fraction of sp³-hybridized carbons (Fsp3) is 0.588. The second-order valence-electron chi connectivity index (χ2n) is 5.77. The lowest BCUT2D eigenvalue weighted by molar-refractivity contribution is -0.121. The van der Waals surface area contributed by atoms with E-state index in [1.165, 1.54) is 18.4 Å². The van der Waals surface area contributed by atoms with Gasteiger partial charge in [0.05, 0.1) is 12.5 Å². The van der Waals surface area contributed by atoms with Crippen molar-refractivity contribution in [3.63, 3.8) is 0 Å². The molecule has 20 heavy (non-hydrogen) atoms. The molecule has 0 heterocycles. The number of aliphatic hydroxyl groups is 1. The SMILES string of the molecule is CCc1cccc(CC(=O)NCC(O)C2CCCC2)c1. The summed E-state index contributed by atoms with van der Waals surface area (Å²) in [6.07, 6.45) is 5.59. The maximum absolute atomic E-state index is 11.9. The van der Waals surface area contributed by atoms with Gasteiger partial charge >= 0.3 is 0 Å². The minimum Gasteiger partial charge on any atom is -0.391 e. The average Bonchev–Trinajstić information content (AvgIpc) is 2.99. The molecule has 110 valence electrons. The smallest absolute Gasteiger partial charge is 0.224 e. The molecule has 1 unspecified atom stereocenters. The molecule has 1 aliphatic rings. The number of benzene rings is 1. The number of aryl methyl sites for hydroxylation is 1. The van der Waals surface area contributed by atoms with Gasteiger partial charge in [-0.25, -0.2) is 0 Å². The number of carbonyl (C=O) groups excluding carboxylic acids is 1. The Morgan fingerprint density at radius 1 is 1.35 bits per heavy atom. The summed E-state index contributed by atoms with van der Waals surface area (Å²) in [5, 5.41) is 12.9. The minimum atomic E-state index is -0.386. The summed E-state index contributed by atoms with van der Waals surface area (Å²) in [7, 11) is 0. The third kappa shape index (κ3) is 4.34. The van der Waals surface area contributed by atoms with E-state index in [0.29, 0.717) is 18.9 Å². The largest absolute Gasteiger partial charge is 0.391 e. The summed E-state index contributed by atoms with van der Waals surface area (Å²) in [6.45, 7) is 2.49. The number of aliphatic hydroxyl groups excluding tert-OH is 1. The van der Waals surface area contributed by atoms with Crippen LogP contribution in [0.15, 0.2) is 24.3 Å². The van der Waals surface area contributed by atoms with Crippen molar-refractivity contribution in [2.75, 3.05) is 6.54 Å². The van der Waals surface area contributed by atoms with Crippen LogP contribution >= 0.6 is 0 Å². The van der Waals surface area contributed by atoms with Crippen molar-refractivity contribution < 1.29 is 9.90 Å². The average molecular weight is 275 g/mol. The minimum absolute atomic E-state index is 0.00435. The van der Waals surface area contributed by atoms with E-state index in [1.54, 1.807) is 0 Å². The number of nitrogens with one attached hydrogen (secondary N) is 1. The Labute approximate surface area is 121 Å². The van der Waals surface area contributed by atoms with Gasteiger partial charge in [0.25, 0.3) is 0 Å². The first-order valence-corrected chi connectivity index (χ1v) is 7.71. The highest BCUT2D eigenvalue weighted by atomic mass is 16.3. The second kappa shape index (κ2) is 7.44. The van der Waals surface area contributed by atoms with Gasteiger partial charge in [-0.1, -0.05) is 44.0 Å². The molecule has 0 spiro atoms. The van der Waals surface area contributed by atoms with Crippen LogP contribution in [0.4, 0.5) is 0 Å². The van der Waals surface area contributed by atoms with E-state index < -0.39 is 0 Å². The molecule has 0 saturated heterocycles. The van der Waals surface area contributed by atoms with Crippen molar-refractivity contribution in [3.05, 3.63) is 35.4 Å². The van der Waals surface area contributed by atoms with E-state index in [2.05, 4.69) is 24.4 Å². The van der Waals surface area contributed by atoms with Crippen molar-refractivity contribution >= 4 is 5.91 Å². The van der Waals surface area contributed by atoms with E-state index >= 15 is 0 Å². The van der Waals surface area contributed by atoms with Crippen molar-refractivity contribution in [1.29, 1.82) is 0 Å². The van der Waals surface area contributed by atoms with Crippen LogP contribution in [0.5, 0.6) is 0 Å². The Morgan fingerprint density at radius 2 is 2.05 bits per heavy atom. The third-order valence-corrected chi connectivity index (χ3v) is 4.22. The molecular weight excluding hydrogens is 250 g/mol. The normalized spacial score (nSPS) is 17.1. The molecule has 1 saturated carbocycles. The van der Waals surface area contributed by atoms with Gasteiger partial charge in [0.15, 0.2) is 0 Å². The van der Waals surface area contributed by atoms with Crippen LogP contribution in [-0.4, -0.2) is 23.7 Å². The second-order valence-corrected chi connectivity index (χ2v) is 5.77. The predicted molar refractivity (Wildman–Crippen MR) is 80.5 cm³/mol. The van der Waals surface area contributed by atoms with Gasteiger partial charge in [-0.2, -0.15) is 0 Å². The Kier molecular flexibility index (Phi) is 5.60. The molecule has 3 heteroatoms. The summed E-state index contributed by atoms with van der Waals surface area (Å²) in [4.78, 5) is 11.9. The van der Waals surface area contributed by atoms with Gasteiger partial charge in [0.1, 0.15) is 0 Å². The molecule has 1 atom stereocenters. The molecule has 1 fully saturated rings. The van der Waals surface area contributed by atoms with Crippen molar-refractivity contribution in [2.24, 2.45) is 5.92 Å². The van der Waals surface area contributed by atoms with Crippen LogP contribution in [-0.2, 0) is 17.6 Å². The number of hydrogen-bond donors (Lipinski definition) is 2. The van der Waals surface area contributed by atoms with Gasteiger partial charge in [-0.05, 0) is 36.3 Å². The molecule has 2 N–H and O–H groups in total. The highest BCUT2D eigenvalue weighted by Gasteiger charge is 2.23. The van der Waals surface area contributed by atoms with E-state index in [0.717, 1.165) is 24.8 Å². The highest BCUT2D eigenvalue weighted by Crippen LogP contribution is 2.27. The monoisotopic (exact) mass is 275 g/mol. The van der Waals surface area contributed by atoms with Crippen LogP contribution < -0.4 is 5.32 Å². The number of amides is 1. The Bertz CT molecular complexity index is 438. The summed E-state index contributed by atoms with van der Waals surface area (Å²) >= 11 is 0. The number of carbonyl (C=O) groups is 1. The van der Waals surface area contributed by atoms with Crippen molar-refractivity contribution in [3.8, 4) is 0 Å². The van der Waals surface area contributed by atoms with E-state index in [-0.39, 0.29) is 12.0 Å². The first-order chi connectivity index (χ1) is 9.69. The van der Waals surface area contributed by atoms with E-state index in [4.69, 9.17) is 0 Å².